The van der Waals surface area contributed by atoms with E-state index in [1.807, 2.05) is 34.9 Å². The molecule has 0 fully saturated rings. The van der Waals surface area contributed by atoms with Crippen molar-refractivity contribution in [1.29, 1.82) is 0 Å². The van der Waals surface area contributed by atoms with Crippen LogP contribution >= 0.6 is 0 Å². The molecule has 3 rings (SSSR count). The van der Waals surface area contributed by atoms with E-state index in [0.29, 0.717) is 5.56 Å². The molecule has 1 N–H and O–H groups in total. The predicted octanol–water partition coefficient (Wildman–Crippen LogP) is 6.37. The molecular weight excluding hydrogens is 462 g/mol. The second kappa shape index (κ2) is 9.94. The smallest absolute Gasteiger partial charge is 0.326 e. The fourth-order valence-corrected chi connectivity index (χ4v) is 3.70. The number of carbonyl (C=O) groups is 1. The number of fused-ring (bicyclic) bond motifs is 1. The molecule has 0 bridgehead atoms. The van der Waals surface area contributed by atoms with Crippen LogP contribution in [0.4, 0.5) is 31.1 Å². The maximum Gasteiger partial charge on any atom is 0.408 e. The highest BCUT2D eigenvalue weighted by molar-refractivity contribution is 5.75. The molecule has 184 valence electrons. The molecule has 0 saturated heterocycles. The number of hydrogen-bond donors (Lipinski definition) is 1. The summed E-state index contributed by atoms with van der Waals surface area (Å²) in [5.41, 5.74) is 3.14. The predicted molar refractivity (Wildman–Crippen MR) is 115 cm³/mol. The number of halogens is 6. The van der Waals surface area contributed by atoms with Gasteiger partial charge in [-0.05, 0) is 55.2 Å². The Bertz CT molecular complexity index is 1120. The van der Waals surface area contributed by atoms with Crippen LogP contribution in [0.3, 0.4) is 0 Å². The first-order chi connectivity index (χ1) is 15.9. The van der Waals surface area contributed by atoms with E-state index in [9.17, 15) is 31.1 Å². The number of amides is 2. The van der Waals surface area contributed by atoms with E-state index in [4.69, 9.17) is 0 Å². The van der Waals surface area contributed by atoms with Crippen LogP contribution in [0.2, 0.25) is 0 Å². The molecule has 34 heavy (non-hydrogen) atoms. The van der Waals surface area contributed by atoms with Gasteiger partial charge in [0.25, 0.3) is 0 Å². The van der Waals surface area contributed by atoms with Crippen LogP contribution in [0.1, 0.15) is 38.3 Å². The van der Waals surface area contributed by atoms with Crippen molar-refractivity contribution in [1.82, 2.24) is 19.6 Å². The lowest BCUT2D eigenvalue weighted by Crippen LogP contribution is -2.51. The highest BCUT2D eigenvalue weighted by atomic mass is 19.4. The van der Waals surface area contributed by atoms with Crippen molar-refractivity contribution in [3.63, 3.8) is 0 Å². The first-order valence-corrected chi connectivity index (χ1v) is 10.6. The Morgan fingerprint density at radius 2 is 1.85 bits per heavy atom. The van der Waals surface area contributed by atoms with Gasteiger partial charge in [-0.15, -0.1) is 0 Å². The van der Waals surface area contributed by atoms with Gasteiger partial charge in [0.1, 0.15) is 11.7 Å². The highest BCUT2D eigenvalue weighted by Crippen LogP contribution is 2.30. The molecule has 2 amide bonds. The molecule has 1 aromatic carbocycles. The minimum Gasteiger partial charge on any atom is -0.326 e. The van der Waals surface area contributed by atoms with Crippen LogP contribution in [0, 0.1) is 0 Å². The van der Waals surface area contributed by atoms with Crippen molar-refractivity contribution in [2.45, 2.75) is 51.1 Å². The summed E-state index contributed by atoms with van der Waals surface area (Å²) in [6.45, 7) is 3.30. The highest BCUT2D eigenvalue weighted by Gasteiger charge is 2.43. The average molecular weight is 486 g/mol. The molecule has 0 saturated carbocycles. The maximum absolute atomic E-state index is 13.3. The number of hydrogen-bond acceptors (Lipinski definition) is 2. The van der Waals surface area contributed by atoms with Crippen LogP contribution in [0.5, 0.6) is 0 Å². The third kappa shape index (κ3) is 6.21. The van der Waals surface area contributed by atoms with Crippen molar-refractivity contribution in [3.8, 4) is 11.1 Å². The number of nitrogens with zero attached hydrogens (tertiary/aromatic N) is 3. The summed E-state index contributed by atoms with van der Waals surface area (Å²) in [5, 5.41) is 1.75. The lowest BCUT2D eigenvalue weighted by Gasteiger charge is -2.31. The van der Waals surface area contributed by atoms with Crippen LogP contribution in [0.15, 0.2) is 55.0 Å². The summed E-state index contributed by atoms with van der Waals surface area (Å²) in [7, 11) is 0. The average Bonchev–Trinajstić information content (AvgIpc) is 3.23. The van der Waals surface area contributed by atoms with Crippen molar-refractivity contribution >= 4 is 11.7 Å². The number of pyridine rings is 1. The van der Waals surface area contributed by atoms with Gasteiger partial charge in [0.05, 0.1) is 6.04 Å². The summed E-state index contributed by atoms with van der Waals surface area (Å²) in [6, 6.07) is 6.61. The van der Waals surface area contributed by atoms with E-state index in [0.717, 1.165) is 21.7 Å². The SMILES string of the molecule is CCN(C(=O)N[C@@H](CCC(F)(F)F)C(F)(F)F)[C@H](C)c1cccc(-c2ccc3nccn3c2)c1. The first kappa shape index (κ1) is 25.4. The van der Waals surface area contributed by atoms with Gasteiger partial charge in [-0.1, -0.05) is 18.2 Å². The van der Waals surface area contributed by atoms with Gasteiger partial charge in [0.15, 0.2) is 0 Å². The number of benzene rings is 1. The van der Waals surface area contributed by atoms with Crippen molar-refractivity contribution in [2.24, 2.45) is 0 Å². The molecule has 0 aliphatic heterocycles. The first-order valence-electron chi connectivity index (χ1n) is 10.6. The van der Waals surface area contributed by atoms with Crippen LogP contribution in [-0.2, 0) is 0 Å². The third-order valence-electron chi connectivity index (χ3n) is 5.57. The Balaban J connectivity index is 1.79. The summed E-state index contributed by atoms with van der Waals surface area (Å²) < 4.78 is 79.0. The molecule has 0 radical (unpaired) electrons. The van der Waals surface area contributed by atoms with Crippen molar-refractivity contribution < 1.29 is 31.1 Å². The minimum atomic E-state index is -5.00. The maximum atomic E-state index is 13.3. The molecule has 3 aromatic rings. The Morgan fingerprint density at radius 3 is 2.50 bits per heavy atom. The van der Waals surface area contributed by atoms with E-state index in [-0.39, 0.29) is 6.54 Å². The number of rotatable bonds is 7. The van der Waals surface area contributed by atoms with Gasteiger partial charge < -0.3 is 14.6 Å². The summed E-state index contributed by atoms with van der Waals surface area (Å²) >= 11 is 0. The fraction of sp³-hybridized carbons (Fsp3) is 0.391. The molecule has 11 heteroatoms. The summed E-state index contributed by atoms with van der Waals surface area (Å²) in [6.07, 6.45) is -7.35. The molecule has 5 nitrogen and oxygen atoms in total. The van der Waals surface area contributed by atoms with Crippen LogP contribution in [0.25, 0.3) is 16.8 Å². The van der Waals surface area contributed by atoms with Crippen LogP contribution < -0.4 is 5.32 Å². The zero-order chi connectivity index (χ0) is 25.1. The van der Waals surface area contributed by atoms with E-state index in [1.54, 1.807) is 43.7 Å². The van der Waals surface area contributed by atoms with Gasteiger partial charge in [-0.25, -0.2) is 9.78 Å². The normalized spacial score (nSPS) is 14.1. The zero-order valence-corrected chi connectivity index (χ0v) is 18.5. The van der Waals surface area contributed by atoms with E-state index >= 15 is 0 Å². The quantitative estimate of drug-likeness (QED) is 0.395. The van der Waals surface area contributed by atoms with Gasteiger partial charge in [-0.3, -0.25) is 0 Å². The van der Waals surface area contributed by atoms with E-state index in [2.05, 4.69) is 4.98 Å². The molecule has 2 heterocycles. The van der Waals surface area contributed by atoms with Gasteiger partial charge in [0, 0.05) is 31.6 Å². The molecule has 0 spiro atoms. The summed E-state index contributed by atoms with van der Waals surface area (Å²) in [5.74, 6) is 0. The second-order valence-corrected chi connectivity index (χ2v) is 7.90. The lowest BCUT2D eigenvalue weighted by molar-refractivity contribution is -0.171. The van der Waals surface area contributed by atoms with Gasteiger partial charge >= 0.3 is 18.4 Å². The number of urea groups is 1. The van der Waals surface area contributed by atoms with E-state index in [1.165, 1.54) is 0 Å². The van der Waals surface area contributed by atoms with Gasteiger partial charge in [-0.2, -0.15) is 26.3 Å². The largest absolute Gasteiger partial charge is 0.408 e. The zero-order valence-electron chi connectivity index (χ0n) is 18.5. The standard InChI is InChI=1S/C23H24F6N4O/c1-3-33(21(34)31-19(23(27,28)29)9-10-22(24,25)26)15(2)16-5-4-6-17(13-16)18-7-8-20-30-11-12-32(20)14-18/h4-8,11-15,19H,3,9-10H2,1-2H3,(H,31,34)/t15-,19+/m1/s1. The minimum absolute atomic E-state index is 0.0576. The Morgan fingerprint density at radius 1 is 1.12 bits per heavy atom. The van der Waals surface area contributed by atoms with Crippen LogP contribution in [-0.4, -0.2) is 45.3 Å². The number of aromatic nitrogens is 2. The Kier molecular flexibility index (Phi) is 7.42. The van der Waals surface area contributed by atoms with E-state index < -0.39 is 43.3 Å². The number of alkyl halides is 6. The van der Waals surface area contributed by atoms with Crippen molar-refractivity contribution in [3.05, 3.63) is 60.6 Å². The molecule has 2 atom stereocenters. The third-order valence-corrected chi connectivity index (χ3v) is 5.57. The van der Waals surface area contributed by atoms with Gasteiger partial charge in [0.2, 0.25) is 0 Å². The fourth-order valence-electron chi connectivity index (χ4n) is 3.70. The Labute approximate surface area is 192 Å². The van der Waals surface area contributed by atoms with Crippen molar-refractivity contribution in [2.75, 3.05) is 6.54 Å². The number of nitrogens with one attached hydrogen (secondary N) is 1. The topological polar surface area (TPSA) is 49.6 Å². The Hall–Kier alpha value is -3.24. The molecule has 0 unspecified atom stereocenters. The molecule has 0 aliphatic carbocycles. The molecule has 0 aliphatic rings. The second-order valence-electron chi connectivity index (χ2n) is 7.90. The number of imidazole rings is 1. The monoisotopic (exact) mass is 486 g/mol. The molecular formula is C23H24F6N4O. The lowest BCUT2D eigenvalue weighted by atomic mass is 10.0. The summed E-state index contributed by atoms with van der Waals surface area (Å²) in [4.78, 5) is 18.0. The number of carbonyl (C=O) groups excluding carboxylic acids is 1. The molecule has 2 aromatic heterocycles.